The van der Waals surface area contributed by atoms with Crippen LogP contribution in [0.15, 0.2) is 0 Å². The molecule has 6 nitrogen and oxygen atoms in total. The Morgan fingerprint density at radius 1 is 1.53 bits per heavy atom. The van der Waals surface area contributed by atoms with Crippen molar-refractivity contribution >= 4 is 32.3 Å². The monoisotopic (exact) mass is 306 g/mol. The largest absolute Gasteiger partial charge is 0.462 e. The highest BCUT2D eigenvalue weighted by Gasteiger charge is 2.21. The van der Waals surface area contributed by atoms with E-state index in [1.807, 2.05) is 0 Å². The minimum atomic E-state index is -3.07. The van der Waals surface area contributed by atoms with Crippen molar-refractivity contribution in [3.8, 4) is 0 Å². The molecule has 0 amide bonds. The molecule has 0 aliphatic rings. The van der Waals surface area contributed by atoms with Crippen molar-refractivity contribution in [1.29, 1.82) is 0 Å². The second-order valence-electron chi connectivity index (χ2n) is 4.33. The van der Waals surface area contributed by atoms with Crippen LogP contribution < -0.4 is 5.32 Å². The summed E-state index contributed by atoms with van der Waals surface area (Å²) >= 11 is 1.13. The normalized spacial score (nSPS) is 13.1. The number of anilines is 1. The van der Waals surface area contributed by atoms with Crippen molar-refractivity contribution in [3.05, 3.63) is 11.3 Å². The molecule has 0 aliphatic carbocycles. The van der Waals surface area contributed by atoms with Crippen LogP contribution in [0.25, 0.3) is 0 Å². The number of nitrogens with one attached hydrogen (secondary N) is 1. The second kappa shape index (κ2) is 6.33. The third-order valence-corrected chi connectivity index (χ3v) is 4.25. The van der Waals surface area contributed by atoms with Crippen LogP contribution in [0.3, 0.4) is 0 Å². The first kappa shape index (κ1) is 15.9. The van der Waals surface area contributed by atoms with E-state index in [-0.39, 0.29) is 18.4 Å². The van der Waals surface area contributed by atoms with Crippen molar-refractivity contribution < 1.29 is 17.9 Å². The van der Waals surface area contributed by atoms with Crippen LogP contribution >= 0.6 is 11.5 Å². The molecule has 1 heterocycles. The third kappa shape index (κ3) is 4.79. The Morgan fingerprint density at radius 2 is 2.16 bits per heavy atom. The van der Waals surface area contributed by atoms with Crippen molar-refractivity contribution in [1.82, 2.24) is 4.37 Å². The molecule has 0 fully saturated rings. The van der Waals surface area contributed by atoms with E-state index in [0.717, 1.165) is 11.5 Å². The van der Waals surface area contributed by atoms with Crippen LogP contribution in [0.2, 0.25) is 0 Å². The maximum absolute atomic E-state index is 11.8. The molecule has 0 saturated carbocycles. The predicted molar refractivity (Wildman–Crippen MR) is 75.6 cm³/mol. The van der Waals surface area contributed by atoms with Crippen molar-refractivity contribution in [2.24, 2.45) is 0 Å². The Morgan fingerprint density at radius 3 is 2.68 bits per heavy atom. The number of sulfone groups is 1. The fraction of sp³-hybridized carbons (Fsp3) is 0.636. The summed E-state index contributed by atoms with van der Waals surface area (Å²) in [6.07, 6.45) is 1.18. The minimum Gasteiger partial charge on any atom is -0.462 e. The molecule has 1 unspecified atom stereocenters. The average molecular weight is 306 g/mol. The Balaban J connectivity index is 2.87. The zero-order chi connectivity index (χ0) is 14.6. The van der Waals surface area contributed by atoms with Gasteiger partial charge in [-0.1, -0.05) is 0 Å². The lowest BCUT2D eigenvalue weighted by molar-refractivity contribution is 0.0527. The number of carbonyl (C=O) groups excluding carboxylic acids is 1. The van der Waals surface area contributed by atoms with Crippen LogP contribution in [0.5, 0.6) is 0 Å². The highest BCUT2D eigenvalue weighted by Crippen LogP contribution is 2.26. The summed E-state index contributed by atoms with van der Waals surface area (Å²) in [5, 5.41) is 3.55. The summed E-state index contributed by atoms with van der Waals surface area (Å²) in [5.41, 5.74) is 0.963. The number of hydrogen-bond donors (Lipinski definition) is 1. The molecule has 0 saturated heterocycles. The van der Waals surface area contributed by atoms with E-state index in [1.54, 1.807) is 20.8 Å². The van der Waals surface area contributed by atoms with Gasteiger partial charge in [-0.3, -0.25) is 0 Å². The topological polar surface area (TPSA) is 85.4 Å². The van der Waals surface area contributed by atoms with E-state index in [0.29, 0.717) is 16.3 Å². The summed E-state index contributed by atoms with van der Waals surface area (Å²) < 4.78 is 31.5. The molecule has 1 aromatic rings. The molecular formula is C11H18N2O4S2. The molecule has 19 heavy (non-hydrogen) atoms. The van der Waals surface area contributed by atoms with Gasteiger partial charge < -0.3 is 10.1 Å². The molecule has 1 rings (SSSR count). The lowest BCUT2D eigenvalue weighted by Gasteiger charge is -2.13. The van der Waals surface area contributed by atoms with E-state index < -0.39 is 15.8 Å². The van der Waals surface area contributed by atoms with Gasteiger partial charge in [0.15, 0.2) is 0 Å². The first-order valence-corrected chi connectivity index (χ1v) is 8.65. The molecular weight excluding hydrogens is 288 g/mol. The van der Waals surface area contributed by atoms with Gasteiger partial charge in [0.25, 0.3) is 0 Å². The molecule has 8 heteroatoms. The standard InChI is InChI=1S/C11H18N2O4S2/c1-5-17-11(14)9-8(3)13-18-10(9)12-7(2)6-19(4,15)16/h7,12H,5-6H2,1-4H3. The number of ether oxygens (including phenoxy) is 1. The fourth-order valence-electron chi connectivity index (χ4n) is 1.63. The first-order valence-electron chi connectivity index (χ1n) is 5.82. The molecule has 1 aromatic heterocycles. The van der Waals surface area contributed by atoms with E-state index in [9.17, 15) is 13.2 Å². The van der Waals surface area contributed by atoms with E-state index in [4.69, 9.17) is 4.74 Å². The molecule has 108 valence electrons. The molecule has 0 aliphatic heterocycles. The van der Waals surface area contributed by atoms with Gasteiger partial charge in [0, 0.05) is 12.3 Å². The first-order chi connectivity index (χ1) is 8.74. The van der Waals surface area contributed by atoms with Gasteiger partial charge in [-0.15, -0.1) is 0 Å². The predicted octanol–water partition coefficient (Wildman–Crippen LogP) is 1.47. The third-order valence-electron chi connectivity index (χ3n) is 2.27. The maximum Gasteiger partial charge on any atom is 0.343 e. The number of rotatable bonds is 6. The van der Waals surface area contributed by atoms with Crippen molar-refractivity contribution in [3.63, 3.8) is 0 Å². The fourth-order valence-corrected chi connectivity index (χ4v) is 3.52. The smallest absolute Gasteiger partial charge is 0.343 e. The number of nitrogens with zero attached hydrogens (tertiary/aromatic N) is 1. The second-order valence-corrected chi connectivity index (χ2v) is 7.29. The molecule has 0 aromatic carbocycles. The Hall–Kier alpha value is -1.15. The van der Waals surface area contributed by atoms with Crippen LogP contribution in [0.4, 0.5) is 5.00 Å². The number of hydrogen-bond acceptors (Lipinski definition) is 7. The summed E-state index contributed by atoms with van der Waals surface area (Å²) in [6, 6.07) is -0.303. The Labute approximate surface area is 117 Å². The average Bonchev–Trinajstić information content (AvgIpc) is 2.57. The molecule has 1 N–H and O–H groups in total. The van der Waals surface area contributed by atoms with Crippen molar-refractivity contribution in [2.45, 2.75) is 26.8 Å². The molecule has 1 atom stereocenters. The quantitative estimate of drug-likeness (QED) is 0.801. The van der Waals surface area contributed by atoms with Crippen LogP contribution in [0, 0.1) is 6.92 Å². The SMILES string of the molecule is CCOC(=O)c1c(C)nsc1NC(C)CS(C)(=O)=O. The Kier molecular flexibility index (Phi) is 5.30. The van der Waals surface area contributed by atoms with Crippen LogP contribution in [-0.4, -0.2) is 43.4 Å². The van der Waals surface area contributed by atoms with E-state index in [1.165, 1.54) is 6.26 Å². The highest BCUT2D eigenvalue weighted by atomic mass is 32.2. The highest BCUT2D eigenvalue weighted by molar-refractivity contribution is 7.90. The summed E-state index contributed by atoms with van der Waals surface area (Å²) in [6.45, 7) is 5.47. The number of aryl methyl sites for hydroxylation is 1. The zero-order valence-corrected chi connectivity index (χ0v) is 13.0. The lowest BCUT2D eigenvalue weighted by Crippen LogP contribution is -2.25. The van der Waals surface area contributed by atoms with Gasteiger partial charge in [0.1, 0.15) is 20.4 Å². The maximum atomic E-state index is 11.8. The van der Waals surface area contributed by atoms with Gasteiger partial charge in [-0.25, -0.2) is 13.2 Å². The summed E-state index contributed by atoms with van der Waals surface area (Å²) in [7, 11) is -3.07. The molecule has 0 spiro atoms. The zero-order valence-electron chi connectivity index (χ0n) is 11.4. The minimum absolute atomic E-state index is 0.00773. The Bertz CT molecular complexity index is 551. The van der Waals surface area contributed by atoms with Gasteiger partial charge >= 0.3 is 5.97 Å². The molecule has 0 bridgehead atoms. The number of aromatic nitrogens is 1. The van der Waals surface area contributed by atoms with Crippen LogP contribution in [-0.2, 0) is 14.6 Å². The van der Waals surface area contributed by atoms with E-state index >= 15 is 0 Å². The summed E-state index contributed by atoms with van der Waals surface area (Å²) in [4.78, 5) is 11.8. The van der Waals surface area contributed by atoms with Gasteiger partial charge in [0.05, 0.1) is 18.1 Å². The van der Waals surface area contributed by atoms with Gasteiger partial charge in [-0.2, -0.15) is 4.37 Å². The molecule has 0 radical (unpaired) electrons. The number of esters is 1. The summed E-state index contributed by atoms with van der Waals surface area (Å²) in [5.74, 6) is -0.450. The lowest BCUT2D eigenvalue weighted by atomic mass is 10.2. The van der Waals surface area contributed by atoms with Crippen molar-refractivity contribution in [2.75, 3.05) is 23.9 Å². The van der Waals surface area contributed by atoms with E-state index in [2.05, 4.69) is 9.69 Å². The number of carbonyl (C=O) groups is 1. The van der Waals surface area contributed by atoms with Crippen LogP contribution in [0.1, 0.15) is 29.9 Å². The van der Waals surface area contributed by atoms with Gasteiger partial charge in [0.2, 0.25) is 0 Å². The van der Waals surface area contributed by atoms with Gasteiger partial charge in [-0.05, 0) is 32.3 Å².